The van der Waals surface area contributed by atoms with Crippen molar-refractivity contribution in [2.45, 2.75) is 43.7 Å². The third-order valence-corrected chi connectivity index (χ3v) is 2.94. The summed E-state index contributed by atoms with van der Waals surface area (Å²) in [5, 5.41) is 10.1. The molecule has 1 atom stereocenters. The van der Waals surface area contributed by atoms with Gasteiger partial charge in [0.15, 0.2) is 0 Å². The monoisotopic (exact) mass is 173 g/mol. The van der Waals surface area contributed by atoms with Crippen LogP contribution in [0, 0.1) is 0 Å². The fourth-order valence-electron chi connectivity index (χ4n) is 1.97. The highest BCUT2D eigenvalue weighted by molar-refractivity contribution is 5.03. The van der Waals surface area contributed by atoms with Crippen molar-refractivity contribution < 1.29 is 9.84 Å². The lowest BCUT2D eigenvalue weighted by molar-refractivity contribution is -0.0522. The standard InChI is InChI=1S/C9H19NO2/c1-8(10,7-12-2)9(11)5-3-4-6-9/h11H,3-7,10H2,1-2H3. The van der Waals surface area contributed by atoms with Crippen LogP contribution in [0.2, 0.25) is 0 Å². The first-order chi connectivity index (χ1) is 5.52. The van der Waals surface area contributed by atoms with Crippen molar-refractivity contribution in [2.75, 3.05) is 13.7 Å². The van der Waals surface area contributed by atoms with Crippen LogP contribution in [0.15, 0.2) is 0 Å². The van der Waals surface area contributed by atoms with Crippen molar-refractivity contribution in [2.24, 2.45) is 5.73 Å². The van der Waals surface area contributed by atoms with Gasteiger partial charge in [-0.2, -0.15) is 0 Å². The van der Waals surface area contributed by atoms with E-state index < -0.39 is 11.1 Å². The van der Waals surface area contributed by atoms with Gasteiger partial charge in [-0.05, 0) is 19.8 Å². The van der Waals surface area contributed by atoms with Crippen LogP contribution in [0.5, 0.6) is 0 Å². The molecular formula is C9H19NO2. The number of ether oxygens (including phenoxy) is 1. The highest BCUT2D eigenvalue weighted by Crippen LogP contribution is 2.36. The minimum Gasteiger partial charge on any atom is -0.388 e. The Morgan fingerprint density at radius 2 is 2.00 bits per heavy atom. The summed E-state index contributed by atoms with van der Waals surface area (Å²) in [6.07, 6.45) is 3.77. The Balaban J connectivity index is 2.64. The Bertz CT molecular complexity index is 151. The maximum Gasteiger partial charge on any atom is 0.0846 e. The van der Waals surface area contributed by atoms with Crippen LogP contribution >= 0.6 is 0 Å². The van der Waals surface area contributed by atoms with Gasteiger partial charge in [0.1, 0.15) is 0 Å². The van der Waals surface area contributed by atoms with Gasteiger partial charge in [0, 0.05) is 7.11 Å². The first kappa shape index (κ1) is 9.96. The summed E-state index contributed by atoms with van der Waals surface area (Å²) in [6.45, 7) is 2.28. The molecule has 3 N–H and O–H groups in total. The van der Waals surface area contributed by atoms with Crippen molar-refractivity contribution in [1.29, 1.82) is 0 Å². The summed E-state index contributed by atoms with van der Waals surface area (Å²) in [6, 6.07) is 0. The molecule has 1 rings (SSSR count). The van der Waals surface area contributed by atoms with Gasteiger partial charge >= 0.3 is 0 Å². The molecule has 0 radical (unpaired) electrons. The molecule has 0 spiro atoms. The van der Waals surface area contributed by atoms with Crippen LogP contribution in [0.3, 0.4) is 0 Å². The highest BCUT2D eigenvalue weighted by Gasteiger charge is 2.45. The van der Waals surface area contributed by atoms with E-state index in [1.807, 2.05) is 6.92 Å². The van der Waals surface area contributed by atoms with Crippen molar-refractivity contribution in [3.05, 3.63) is 0 Å². The second kappa shape index (κ2) is 3.32. The van der Waals surface area contributed by atoms with Crippen LogP contribution in [0.1, 0.15) is 32.6 Å². The van der Waals surface area contributed by atoms with E-state index in [-0.39, 0.29) is 0 Å². The molecule has 72 valence electrons. The molecule has 1 aliphatic carbocycles. The zero-order chi connectivity index (χ0) is 9.24. The molecule has 0 aromatic carbocycles. The lowest BCUT2D eigenvalue weighted by Gasteiger charge is -2.39. The molecule has 1 saturated carbocycles. The minimum atomic E-state index is -0.705. The maximum absolute atomic E-state index is 10.1. The zero-order valence-corrected chi connectivity index (χ0v) is 7.97. The number of methoxy groups -OCH3 is 1. The van der Waals surface area contributed by atoms with E-state index in [0.717, 1.165) is 25.7 Å². The van der Waals surface area contributed by atoms with Gasteiger partial charge in [0.25, 0.3) is 0 Å². The van der Waals surface area contributed by atoms with E-state index >= 15 is 0 Å². The Morgan fingerprint density at radius 3 is 2.42 bits per heavy atom. The van der Waals surface area contributed by atoms with Crippen LogP contribution in [-0.2, 0) is 4.74 Å². The maximum atomic E-state index is 10.1. The van der Waals surface area contributed by atoms with Crippen LogP contribution in [-0.4, -0.2) is 30.0 Å². The largest absolute Gasteiger partial charge is 0.388 e. The number of rotatable bonds is 3. The second-order valence-corrected chi connectivity index (χ2v) is 4.09. The molecule has 1 fully saturated rings. The average molecular weight is 173 g/mol. The molecule has 3 heteroatoms. The molecule has 0 bridgehead atoms. The van der Waals surface area contributed by atoms with Crippen LogP contribution in [0.25, 0.3) is 0 Å². The Kier molecular flexibility index (Phi) is 2.76. The fourth-order valence-corrected chi connectivity index (χ4v) is 1.97. The molecule has 0 amide bonds. The molecule has 0 heterocycles. The third-order valence-electron chi connectivity index (χ3n) is 2.94. The van der Waals surface area contributed by atoms with Gasteiger partial charge in [0.05, 0.1) is 17.7 Å². The van der Waals surface area contributed by atoms with Gasteiger partial charge in [-0.25, -0.2) is 0 Å². The summed E-state index contributed by atoms with van der Waals surface area (Å²) in [4.78, 5) is 0. The number of hydrogen-bond donors (Lipinski definition) is 2. The summed E-state index contributed by atoms with van der Waals surface area (Å²) in [5.41, 5.74) is 4.69. The Hall–Kier alpha value is -0.120. The topological polar surface area (TPSA) is 55.5 Å². The minimum absolute atomic E-state index is 0.420. The molecule has 0 aromatic heterocycles. The second-order valence-electron chi connectivity index (χ2n) is 4.09. The summed E-state index contributed by atoms with van der Waals surface area (Å²) < 4.78 is 5.00. The highest BCUT2D eigenvalue weighted by atomic mass is 16.5. The molecule has 0 saturated heterocycles. The van der Waals surface area contributed by atoms with Crippen molar-refractivity contribution in [3.8, 4) is 0 Å². The lowest BCUT2D eigenvalue weighted by Crippen LogP contribution is -2.59. The smallest absolute Gasteiger partial charge is 0.0846 e. The van der Waals surface area contributed by atoms with Gasteiger partial charge < -0.3 is 15.6 Å². The third kappa shape index (κ3) is 1.63. The summed E-state index contributed by atoms with van der Waals surface area (Å²) >= 11 is 0. The predicted molar refractivity (Wildman–Crippen MR) is 47.9 cm³/mol. The van der Waals surface area contributed by atoms with Gasteiger partial charge in [-0.3, -0.25) is 0 Å². The van der Waals surface area contributed by atoms with Crippen LogP contribution in [0.4, 0.5) is 0 Å². The molecule has 1 aliphatic rings. The first-order valence-corrected chi connectivity index (χ1v) is 4.52. The lowest BCUT2D eigenvalue weighted by atomic mass is 9.81. The molecule has 1 unspecified atom stereocenters. The number of nitrogens with two attached hydrogens (primary N) is 1. The van der Waals surface area contributed by atoms with Gasteiger partial charge in [-0.15, -0.1) is 0 Å². The fraction of sp³-hybridized carbons (Fsp3) is 1.00. The average Bonchev–Trinajstić information content (AvgIpc) is 2.37. The first-order valence-electron chi connectivity index (χ1n) is 4.52. The van der Waals surface area contributed by atoms with E-state index in [1.54, 1.807) is 7.11 Å². The molecule has 3 nitrogen and oxygen atoms in total. The van der Waals surface area contributed by atoms with Gasteiger partial charge in [0.2, 0.25) is 0 Å². The zero-order valence-electron chi connectivity index (χ0n) is 7.97. The molecular weight excluding hydrogens is 154 g/mol. The van der Waals surface area contributed by atoms with Gasteiger partial charge in [-0.1, -0.05) is 12.8 Å². The van der Waals surface area contributed by atoms with E-state index in [4.69, 9.17) is 10.5 Å². The van der Waals surface area contributed by atoms with Crippen LogP contribution < -0.4 is 5.73 Å². The van der Waals surface area contributed by atoms with Crippen molar-refractivity contribution in [1.82, 2.24) is 0 Å². The van der Waals surface area contributed by atoms with E-state index in [2.05, 4.69) is 0 Å². The SMILES string of the molecule is COCC(C)(N)C1(O)CCCC1. The Labute approximate surface area is 73.9 Å². The van der Waals surface area contributed by atoms with E-state index in [0.29, 0.717) is 6.61 Å². The Morgan fingerprint density at radius 1 is 1.50 bits per heavy atom. The predicted octanol–water partition coefficient (Wildman–Crippen LogP) is 0.655. The number of aliphatic hydroxyl groups is 1. The van der Waals surface area contributed by atoms with E-state index in [9.17, 15) is 5.11 Å². The van der Waals surface area contributed by atoms with E-state index in [1.165, 1.54) is 0 Å². The molecule has 0 aliphatic heterocycles. The summed E-state index contributed by atoms with van der Waals surface area (Å²) in [5.74, 6) is 0. The molecule has 0 aromatic rings. The normalized spacial score (nSPS) is 27.0. The molecule has 12 heavy (non-hydrogen) atoms. The quantitative estimate of drug-likeness (QED) is 0.659. The summed E-state index contributed by atoms with van der Waals surface area (Å²) in [7, 11) is 1.61. The van der Waals surface area contributed by atoms with Crippen molar-refractivity contribution in [3.63, 3.8) is 0 Å². The number of hydrogen-bond acceptors (Lipinski definition) is 3. The van der Waals surface area contributed by atoms with Crippen molar-refractivity contribution >= 4 is 0 Å².